The number of ether oxygens (including phenoxy) is 1. The molecule has 0 aliphatic carbocycles. The Labute approximate surface area is 103 Å². The number of aromatic nitrogens is 2. The molecule has 82 valence electrons. The van der Waals surface area contributed by atoms with Crippen LogP contribution in [0.4, 0.5) is 0 Å². The summed E-state index contributed by atoms with van der Waals surface area (Å²) in [6, 6.07) is 0.505. The lowest BCUT2D eigenvalue weighted by Gasteiger charge is -2.28. The van der Waals surface area contributed by atoms with E-state index in [1.54, 1.807) is 12.4 Å². The molecule has 5 heteroatoms. The molecule has 2 heterocycles. The van der Waals surface area contributed by atoms with Crippen LogP contribution in [0, 0.1) is 3.57 Å². The van der Waals surface area contributed by atoms with Gasteiger partial charge in [-0.3, -0.25) is 0 Å². The fourth-order valence-corrected chi connectivity index (χ4v) is 1.89. The molecular weight excluding hydrogens is 305 g/mol. The molecule has 1 aromatic heterocycles. The largest absolute Gasteiger partial charge is 0.460 e. The van der Waals surface area contributed by atoms with Crippen LogP contribution in [0.1, 0.15) is 12.8 Å². The van der Waals surface area contributed by atoms with Gasteiger partial charge < -0.3 is 9.64 Å². The van der Waals surface area contributed by atoms with Crippen LogP contribution in [0.2, 0.25) is 0 Å². The second-order valence-electron chi connectivity index (χ2n) is 3.80. The van der Waals surface area contributed by atoms with Crippen molar-refractivity contribution in [2.24, 2.45) is 0 Å². The standard InChI is InChI=1S/C10H14IN3O/c1-14-4-2-9(3-5-14)15-10-12-6-8(11)7-13-10/h6-7,9H,2-5H2,1H3. The molecule has 0 bridgehead atoms. The lowest BCUT2D eigenvalue weighted by molar-refractivity contribution is 0.105. The van der Waals surface area contributed by atoms with E-state index in [2.05, 4.69) is 44.5 Å². The van der Waals surface area contributed by atoms with Crippen LogP contribution in [0.15, 0.2) is 12.4 Å². The van der Waals surface area contributed by atoms with Crippen LogP contribution in [-0.4, -0.2) is 41.1 Å². The van der Waals surface area contributed by atoms with E-state index in [0.29, 0.717) is 6.01 Å². The Morgan fingerprint density at radius 3 is 2.53 bits per heavy atom. The van der Waals surface area contributed by atoms with E-state index in [4.69, 9.17) is 4.74 Å². The maximum Gasteiger partial charge on any atom is 0.316 e. The van der Waals surface area contributed by atoms with Gasteiger partial charge in [-0.05, 0) is 42.5 Å². The fraction of sp³-hybridized carbons (Fsp3) is 0.600. The van der Waals surface area contributed by atoms with Crippen LogP contribution in [0.5, 0.6) is 6.01 Å². The minimum Gasteiger partial charge on any atom is -0.460 e. The Kier molecular flexibility index (Phi) is 3.74. The molecule has 0 saturated carbocycles. The molecule has 1 aliphatic rings. The molecule has 0 radical (unpaired) electrons. The first-order chi connectivity index (χ1) is 7.24. The first-order valence-electron chi connectivity index (χ1n) is 5.07. The highest BCUT2D eigenvalue weighted by molar-refractivity contribution is 14.1. The Morgan fingerprint density at radius 2 is 1.93 bits per heavy atom. The fourth-order valence-electron chi connectivity index (χ4n) is 1.61. The Morgan fingerprint density at radius 1 is 1.33 bits per heavy atom. The predicted molar refractivity (Wildman–Crippen MR) is 65.9 cm³/mol. The van der Waals surface area contributed by atoms with Gasteiger partial charge in [-0.25, -0.2) is 9.97 Å². The van der Waals surface area contributed by atoms with Crippen LogP contribution in [0.3, 0.4) is 0 Å². The lowest BCUT2D eigenvalue weighted by atomic mass is 10.1. The first kappa shape index (κ1) is 11.1. The Hall–Kier alpha value is -0.430. The van der Waals surface area contributed by atoms with E-state index in [-0.39, 0.29) is 6.10 Å². The van der Waals surface area contributed by atoms with E-state index in [1.807, 2.05) is 0 Å². The van der Waals surface area contributed by atoms with Crippen molar-refractivity contribution >= 4 is 22.6 Å². The summed E-state index contributed by atoms with van der Waals surface area (Å²) in [7, 11) is 2.14. The molecule has 0 unspecified atom stereocenters. The summed E-state index contributed by atoms with van der Waals surface area (Å²) in [5.74, 6) is 0. The van der Waals surface area contributed by atoms with E-state index < -0.39 is 0 Å². The van der Waals surface area contributed by atoms with E-state index in [0.717, 1.165) is 29.5 Å². The molecular formula is C10H14IN3O. The van der Waals surface area contributed by atoms with Crippen molar-refractivity contribution in [2.45, 2.75) is 18.9 Å². The quantitative estimate of drug-likeness (QED) is 0.776. The number of hydrogen-bond acceptors (Lipinski definition) is 4. The third kappa shape index (κ3) is 3.27. The monoisotopic (exact) mass is 319 g/mol. The van der Waals surface area contributed by atoms with Crippen molar-refractivity contribution in [3.05, 3.63) is 16.0 Å². The zero-order valence-corrected chi connectivity index (χ0v) is 10.8. The summed E-state index contributed by atoms with van der Waals surface area (Å²) >= 11 is 2.18. The number of hydrogen-bond donors (Lipinski definition) is 0. The summed E-state index contributed by atoms with van der Waals surface area (Å²) in [6.45, 7) is 2.18. The number of rotatable bonds is 2. The molecule has 1 aliphatic heterocycles. The van der Waals surface area contributed by atoms with Crippen molar-refractivity contribution in [1.29, 1.82) is 0 Å². The SMILES string of the molecule is CN1CCC(Oc2ncc(I)cn2)CC1. The van der Waals surface area contributed by atoms with E-state index in [9.17, 15) is 0 Å². The topological polar surface area (TPSA) is 38.2 Å². The normalized spacial score (nSPS) is 19.1. The predicted octanol–water partition coefficient (Wildman–Crippen LogP) is 1.55. The zero-order chi connectivity index (χ0) is 10.7. The van der Waals surface area contributed by atoms with Gasteiger partial charge in [0.25, 0.3) is 0 Å². The minimum absolute atomic E-state index is 0.279. The summed E-state index contributed by atoms with van der Waals surface area (Å²) in [4.78, 5) is 10.6. The lowest BCUT2D eigenvalue weighted by Crippen LogP contribution is -2.35. The highest BCUT2D eigenvalue weighted by Crippen LogP contribution is 2.14. The Balaban J connectivity index is 1.89. The number of piperidine rings is 1. The van der Waals surface area contributed by atoms with Crippen molar-refractivity contribution in [2.75, 3.05) is 20.1 Å². The maximum absolute atomic E-state index is 5.71. The second-order valence-corrected chi connectivity index (χ2v) is 5.05. The smallest absolute Gasteiger partial charge is 0.316 e. The second kappa shape index (κ2) is 5.07. The number of likely N-dealkylation sites (tertiary alicyclic amines) is 1. The highest BCUT2D eigenvalue weighted by Gasteiger charge is 2.18. The number of halogens is 1. The van der Waals surface area contributed by atoms with Gasteiger partial charge in [-0.15, -0.1) is 0 Å². The van der Waals surface area contributed by atoms with Crippen LogP contribution < -0.4 is 4.74 Å². The third-order valence-corrected chi connectivity index (χ3v) is 3.09. The molecule has 0 N–H and O–H groups in total. The molecule has 0 atom stereocenters. The van der Waals surface area contributed by atoms with Gasteiger partial charge in [0.05, 0.1) is 0 Å². The van der Waals surface area contributed by atoms with Crippen molar-refractivity contribution in [1.82, 2.24) is 14.9 Å². The Bertz CT molecular complexity index is 309. The molecule has 4 nitrogen and oxygen atoms in total. The van der Waals surface area contributed by atoms with Gasteiger partial charge in [-0.2, -0.15) is 0 Å². The van der Waals surface area contributed by atoms with E-state index >= 15 is 0 Å². The summed E-state index contributed by atoms with van der Waals surface area (Å²) < 4.78 is 6.74. The molecule has 1 fully saturated rings. The first-order valence-corrected chi connectivity index (χ1v) is 6.14. The van der Waals surface area contributed by atoms with Crippen LogP contribution in [0.25, 0.3) is 0 Å². The average molecular weight is 319 g/mol. The van der Waals surface area contributed by atoms with Gasteiger partial charge >= 0.3 is 6.01 Å². The van der Waals surface area contributed by atoms with Crippen LogP contribution in [-0.2, 0) is 0 Å². The molecule has 1 aromatic rings. The van der Waals surface area contributed by atoms with Crippen molar-refractivity contribution in [3.8, 4) is 6.01 Å². The van der Waals surface area contributed by atoms with Gasteiger partial charge in [0.15, 0.2) is 0 Å². The highest BCUT2D eigenvalue weighted by atomic mass is 127. The molecule has 2 rings (SSSR count). The van der Waals surface area contributed by atoms with Crippen molar-refractivity contribution in [3.63, 3.8) is 0 Å². The van der Waals surface area contributed by atoms with Crippen LogP contribution >= 0.6 is 22.6 Å². The van der Waals surface area contributed by atoms with Gasteiger partial charge in [-0.1, -0.05) is 0 Å². The summed E-state index contributed by atoms with van der Waals surface area (Å²) in [6.07, 6.45) is 5.95. The third-order valence-electron chi connectivity index (χ3n) is 2.53. The van der Waals surface area contributed by atoms with E-state index in [1.165, 1.54) is 0 Å². The molecule has 1 saturated heterocycles. The van der Waals surface area contributed by atoms with Crippen molar-refractivity contribution < 1.29 is 4.74 Å². The van der Waals surface area contributed by atoms with Gasteiger partial charge in [0.1, 0.15) is 6.10 Å². The maximum atomic E-state index is 5.71. The summed E-state index contributed by atoms with van der Waals surface area (Å²) in [5, 5.41) is 0. The molecule has 0 amide bonds. The molecule has 0 spiro atoms. The van der Waals surface area contributed by atoms with Gasteiger partial charge in [0.2, 0.25) is 0 Å². The van der Waals surface area contributed by atoms with Gasteiger partial charge in [0, 0.05) is 29.1 Å². The molecule has 15 heavy (non-hydrogen) atoms. The summed E-state index contributed by atoms with van der Waals surface area (Å²) in [5.41, 5.74) is 0. The molecule has 0 aromatic carbocycles. The average Bonchev–Trinajstić information content (AvgIpc) is 2.25. The minimum atomic E-state index is 0.279. The number of nitrogens with zero attached hydrogens (tertiary/aromatic N) is 3. The zero-order valence-electron chi connectivity index (χ0n) is 8.69.